The number of rotatable bonds is 3. The molecule has 2 aromatic rings. The molecule has 0 radical (unpaired) electrons. The number of halogens is 2. The number of fused-ring (bicyclic) bond motifs is 1. The number of hydrogen-bond donors (Lipinski definition) is 1. The van der Waals surface area contributed by atoms with Crippen LogP contribution in [-0.2, 0) is 6.42 Å². The number of methoxy groups -OCH3 is 1. The van der Waals surface area contributed by atoms with Gasteiger partial charge < -0.3 is 9.72 Å². The molecule has 1 N–H and O–H groups in total. The Balaban J connectivity index is 2.61. The number of nitrogens with one attached hydrogen (secondary N) is 1. The minimum Gasteiger partial charge on any atom is -0.497 e. The number of H-pyrrole nitrogens is 1. The molecule has 0 amide bonds. The zero-order valence-corrected chi connectivity index (χ0v) is 12.6. The summed E-state index contributed by atoms with van der Waals surface area (Å²) in [6.07, 6.45) is 1.10. The van der Waals surface area contributed by atoms with Crippen LogP contribution in [-0.4, -0.2) is 16.5 Å². The van der Waals surface area contributed by atoms with E-state index >= 15 is 0 Å². The van der Waals surface area contributed by atoms with Crippen molar-refractivity contribution in [3.8, 4) is 5.75 Å². The first-order chi connectivity index (χ1) is 7.26. The Labute approximate surface area is 116 Å². The predicted molar refractivity (Wildman–Crippen MR) is 80.2 cm³/mol. The Morgan fingerprint density at radius 3 is 2.87 bits per heavy atom. The standard InChI is InChI=1S/C11H11I2NO/c1-15-7-2-3-10-9(6-7)8(4-5-12)11(13)14-10/h2-3,6,14H,4-5H2,1H3. The number of alkyl halides is 1. The molecule has 1 aromatic heterocycles. The summed E-state index contributed by atoms with van der Waals surface area (Å²) in [5, 5.41) is 1.29. The number of aromatic nitrogens is 1. The van der Waals surface area contributed by atoms with Crippen LogP contribution < -0.4 is 4.74 Å². The van der Waals surface area contributed by atoms with E-state index in [4.69, 9.17) is 4.74 Å². The first-order valence-corrected chi connectivity index (χ1v) is 7.26. The molecule has 15 heavy (non-hydrogen) atoms. The van der Waals surface area contributed by atoms with E-state index in [9.17, 15) is 0 Å². The van der Waals surface area contributed by atoms with Crippen LogP contribution in [0.15, 0.2) is 18.2 Å². The van der Waals surface area contributed by atoms with Crippen molar-refractivity contribution in [2.45, 2.75) is 6.42 Å². The predicted octanol–water partition coefficient (Wildman–Crippen LogP) is 3.76. The Kier molecular flexibility index (Phi) is 3.76. The maximum atomic E-state index is 5.25. The third kappa shape index (κ3) is 2.25. The fourth-order valence-corrected chi connectivity index (χ4v) is 3.05. The fourth-order valence-electron chi connectivity index (χ4n) is 1.66. The molecule has 1 heterocycles. The largest absolute Gasteiger partial charge is 0.497 e. The van der Waals surface area contributed by atoms with E-state index in [-0.39, 0.29) is 0 Å². The summed E-state index contributed by atoms with van der Waals surface area (Å²) in [4.78, 5) is 3.39. The summed E-state index contributed by atoms with van der Waals surface area (Å²) in [7, 11) is 1.71. The van der Waals surface area contributed by atoms with Crippen LogP contribution in [0.4, 0.5) is 0 Å². The molecule has 4 heteroatoms. The van der Waals surface area contributed by atoms with Gasteiger partial charge in [-0.2, -0.15) is 0 Å². The highest BCUT2D eigenvalue weighted by Crippen LogP contribution is 2.28. The van der Waals surface area contributed by atoms with E-state index < -0.39 is 0 Å². The summed E-state index contributed by atoms with van der Waals surface area (Å²) in [5.74, 6) is 0.924. The van der Waals surface area contributed by atoms with Crippen molar-refractivity contribution in [2.24, 2.45) is 0 Å². The quantitative estimate of drug-likeness (QED) is 0.586. The van der Waals surface area contributed by atoms with Gasteiger partial charge in [-0.05, 0) is 52.8 Å². The highest BCUT2D eigenvalue weighted by atomic mass is 127. The minimum atomic E-state index is 0.924. The van der Waals surface area contributed by atoms with Crippen LogP contribution in [0.3, 0.4) is 0 Å². The van der Waals surface area contributed by atoms with Gasteiger partial charge in [0.25, 0.3) is 0 Å². The summed E-state index contributed by atoms with van der Waals surface area (Å²) < 4.78 is 7.63. The van der Waals surface area contributed by atoms with Crippen LogP contribution in [0.1, 0.15) is 5.56 Å². The fraction of sp³-hybridized carbons (Fsp3) is 0.273. The summed E-state index contributed by atoms with van der Waals surface area (Å²) in [5.41, 5.74) is 2.60. The lowest BCUT2D eigenvalue weighted by atomic mass is 10.1. The van der Waals surface area contributed by atoms with E-state index in [0.717, 1.165) is 16.6 Å². The topological polar surface area (TPSA) is 25.0 Å². The molecule has 2 nitrogen and oxygen atoms in total. The zero-order chi connectivity index (χ0) is 10.8. The Morgan fingerprint density at radius 1 is 1.40 bits per heavy atom. The van der Waals surface area contributed by atoms with E-state index in [1.54, 1.807) is 7.11 Å². The second-order valence-electron chi connectivity index (χ2n) is 3.27. The van der Waals surface area contributed by atoms with Gasteiger partial charge in [0.2, 0.25) is 0 Å². The lowest BCUT2D eigenvalue weighted by Crippen LogP contribution is -1.87. The first-order valence-electron chi connectivity index (χ1n) is 4.66. The maximum Gasteiger partial charge on any atom is 0.119 e. The second-order valence-corrected chi connectivity index (χ2v) is 5.43. The van der Waals surface area contributed by atoms with Gasteiger partial charge in [0.05, 0.1) is 10.8 Å². The minimum absolute atomic E-state index is 0.924. The molecule has 0 saturated carbocycles. The van der Waals surface area contributed by atoms with Crippen molar-refractivity contribution in [3.63, 3.8) is 0 Å². The van der Waals surface area contributed by atoms with Gasteiger partial charge in [-0.25, -0.2) is 0 Å². The average molecular weight is 427 g/mol. The SMILES string of the molecule is COc1ccc2[nH]c(I)c(CCI)c2c1. The summed E-state index contributed by atoms with van der Waals surface area (Å²) >= 11 is 4.77. The monoisotopic (exact) mass is 427 g/mol. The number of benzene rings is 1. The Bertz CT molecular complexity index is 479. The van der Waals surface area contributed by atoms with Crippen molar-refractivity contribution < 1.29 is 4.74 Å². The zero-order valence-electron chi connectivity index (χ0n) is 8.31. The van der Waals surface area contributed by atoms with Gasteiger partial charge in [0.15, 0.2) is 0 Å². The molecule has 0 atom stereocenters. The van der Waals surface area contributed by atoms with Gasteiger partial charge in [-0.1, -0.05) is 22.6 Å². The van der Waals surface area contributed by atoms with Crippen molar-refractivity contribution >= 4 is 56.1 Å². The van der Waals surface area contributed by atoms with E-state index in [0.29, 0.717) is 0 Å². The van der Waals surface area contributed by atoms with Gasteiger partial charge in [-0.15, -0.1) is 0 Å². The summed E-state index contributed by atoms with van der Waals surface area (Å²) in [6.45, 7) is 0. The van der Waals surface area contributed by atoms with Crippen LogP contribution in [0, 0.1) is 3.70 Å². The van der Waals surface area contributed by atoms with Crippen LogP contribution in [0.2, 0.25) is 0 Å². The molecule has 0 bridgehead atoms. The molecule has 0 spiro atoms. The normalized spacial score (nSPS) is 10.9. The third-order valence-electron chi connectivity index (χ3n) is 2.41. The van der Waals surface area contributed by atoms with E-state index in [2.05, 4.69) is 62.3 Å². The molecule has 0 unspecified atom stereocenters. The van der Waals surface area contributed by atoms with E-state index in [1.165, 1.54) is 20.2 Å². The molecule has 0 saturated heterocycles. The summed E-state index contributed by atoms with van der Waals surface area (Å²) in [6, 6.07) is 6.17. The van der Waals surface area contributed by atoms with Crippen molar-refractivity contribution in [2.75, 3.05) is 11.5 Å². The number of aryl methyl sites for hydroxylation is 1. The third-order valence-corrected chi connectivity index (χ3v) is 3.87. The molecule has 0 aliphatic heterocycles. The molecule has 0 aliphatic rings. The van der Waals surface area contributed by atoms with Gasteiger partial charge >= 0.3 is 0 Å². The lowest BCUT2D eigenvalue weighted by Gasteiger charge is -2.00. The number of ether oxygens (including phenoxy) is 1. The van der Waals surface area contributed by atoms with Crippen molar-refractivity contribution in [1.82, 2.24) is 4.98 Å². The van der Waals surface area contributed by atoms with Crippen molar-refractivity contribution in [3.05, 3.63) is 27.5 Å². The lowest BCUT2D eigenvalue weighted by molar-refractivity contribution is 0.415. The van der Waals surface area contributed by atoms with Crippen molar-refractivity contribution in [1.29, 1.82) is 0 Å². The molecule has 0 fully saturated rings. The molecule has 0 aliphatic carbocycles. The van der Waals surface area contributed by atoms with Crippen LogP contribution in [0.25, 0.3) is 10.9 Å². The Hall–Kier alpha value is 0.0200. The van der Waals surface area contributed by atoms with Crippen LogP contribution >= 0.6 is 45.2 Å². The molecule has 2 rings (SSSR count). The average Bonchev–Trinajstić information content (AvgIpc) is 2.55. The molecular weight excluding hydrogens is 416 g/mol. The molecule has 80 valence electrons. The van der Waals surface area contributed by atoms with Gasteiger partial charge in [0, 0.05) is 15.3 Å². The Morgan fingerprint density at radius 2 is 2.20 bits per heavy atom. The number of hydrogen-bond acceptors (Lipinski definition) is 1. The molecular formula is C11H11I2NO. The highest BCUT2D eigenvalue weighted by molar-refractivity contribution is 14.1. The number of aromatic amines is 1. The first kappa shape index (κ1) is 11.5. The second kappa shape index (κ2) is 4.90. The van der Waals surface area contributed by atoms with E-state index in [1.807, 2.05) is 6.07 Å². The highest BCUT2D eigenvalue weighted by Gasteiger charge is 2.09. The van der Waals surface area contributed by atoms with Gasteiger partial charge in [0.1, 0.15) is 5.75 Å². The molecule has 1 aromatic carbocycles. The van der Waals surface area contributed by atoms with Gasteiger partial charge in [-0.3, -0.25) is 0 Å². The maximum absolute atomic E-state index is 5.25. The smallest absolute Gasteiger partial charge is 0.119 e. The van der Waals surface area contributed by atoms with Crippen LogP contribution in [0.5, 0.6) is 5.75 Å².